The molecule has 4 nitrogen and oxygen atoms in total. The molecule has 134 valence electrons. The second-order valence-electron chi connectivity index (χ2n) is 5.91. The lowest BCUT2D eigenvalue weighted by atomic mass is 10.0. The number of rotatable bonds is 7. The molecule has 1 amide bonds. The third-order valence-corrected chi connectivity index (χ3v) is 4.29. The average molecular weight is 362 g/mol. The number of benzene rings is 2. The highest BCUT2D eigenvalue weighted by atomic mass is 35.5. The number of halogens is 1. The van der Waals surface area contributed by atoms with Gasteiger partial charge in [0, 0.05) is 5.02 Å². The maximum atomic E-state index is 12.5. The summed E-state index contributed by atoms with van der Waals surface area (Å²) in [6, 6.07) is 12.8. The standard InChI is InChI=1S/C20H24ClNO3/c1-5-18(15-6-11-19(24-4)13(2)12-15)22-20(23)14(3)25-17-9-7-16(21)8-10-17/h6-12,14,18H,5H2,1-4H3,(H,22,23)/t14-,18-/m1/s1. The predicted molar refractivity (Wildman–Crippen MR) is 100 cm³/mol. The lowest BCUT2D eigenvalue weighted by molar-refractivity contribution is -0.128. The molecule has 0 bridgehead atoms. The van der Waals surface area contributed by atoms with Crippen LogP contribution in [-0.2, 0) is 4.79 Å². The van der Waals surface area contributed by atoms with Crippen LogP contribution in [-0.4, -0.2) is 19.1 Å². The maximum Gasteiger partial charge on any atom is 0.261 e. The van der Waals surface area contributed by atoms with Gasteiger partial charge in [-0.2, -0.15) is 0 Å². The summed E-state index contributed by atoms with van der Waals surface area (Å²) in [7, 11) is 1.65. The molecule has 25 heavy (non-hydrogen) atoms. The minimum absolute atomic E-state index is 0.0756. The van der Waals surface area contributed by atoms with Crippen molar-refractivity contribution in [1.82, 2.24) is 5.32 Å². The van der Waals surface area contributed by atoms with Crippen molar-refractivity contribution in [1.29, 1.82) is 0 Å². The van der Waals surface area contributed by atoms with Crippen molar-refractivity contribution in [3.05, 3.63) is 58.6 Å². The molecule has 2 atom stereocenters. The van der Waals surface area contributed by atoms with Crippen LogP contribution in [0.25, 0.3) is 0 Å². The Hall–Kier alpha value is -2.20. The molecule has 2 rings (SSSR count). The minimum Gasteiger partial charge on any atom is -0.496 e. The van der Waals surface area contributed by atoms with E-state index in [0.29, 0.717) is 10.8 Å². The van der Waals surface area contributed by atoms with Crippen molar-refractivity contribution < 1.29 is 14.3 Å². The van der Waals surface area contributed by atoms with E-state index in [1.807, 2.05) is 32.0 Å². The highest BCUT2D eigenvalue weighted by Gasteiger charge is 2.20. The fourth-order valence-corrected chi connectivity index (χ4v) is 2.73. The van der Waals surface area contributed by atoms with Crippen molar-refractivity contribution >= 4 is 17.5 Å². The summed E-state index contributed by atoms with van der Waals surface area (Å²) in [4.78, 5) is 12.5. The van der Waals surface area contributed by atoms with Gasteiger partial charge in [0.2, 0.25) is 0 Å². The smallest absolute Gasteiger partial charge is 0.261 e. The van der Waals surface area contributed by atoms with Gasteiger partial charge in [0.1, 0.15) is 11.5 Å². The third kappa shape index (κ3) is 5.13. The summed E-state index contributed by atoms with van der Waals surface area (Å²) < 4.78 is 11.0. The normalized spacial score (nSPS) is 13.0. The van der Waals surface area contributed by atoms with Crippen LogP contribution >= 0.6 is 11.6 Å². The molecule has 2 aromatic rings. The van der Waals surface area contributed by atoms with E-state index >= 15 is 0 Å². The summed E-state index contributed by atoms with van der Waals surface area (Å²) >= 11 is 5.86. The van der Waals surface area contributed by atoms with Gasteiger partial charge in [-0.05, 0) is 61.7 Å². The first-order valence-electron chi connectivity index (χ1n) is 8.31. The first kappa shape index (κ1) is 19.1. The number of hydrogen-bond acceptors (Lipinski definition) is 3. The molecule has 0 saturated carbocycles. The van der Waals surface area contributed by atoms with Crippen molar-refractivity contribution in [3.8, 4) is 11.5 Å². The van der Waals surface area contributed by atoms with Crippen LogP contribution in [0.3, 0.4) is 0 Å². The Labute approximate surface area is 154 Å². The Morgan fingerprint density at radius 1 is 1.20 bits per heavy atom. The number of amides is 1. The fourth-order valence-electron chi connectivity index (χ4n) is 2.60. The average Bonchev–Trinajstić information content (AvgIpc) is 2.61. The van der Waals surface area contributed by atoms with Gasteiger partial charge in [0.15, 0.2) is 6.10 Å². The molecule has 0 heterocycles. The summed E-state index contributed by atoms with van der Waals surface area (Å²) in [5, 5.41) is 3.68. The number of methoxy groups -OCH3 is 1. The molecule has 0 aromatic heterocycles. The Kier molecular flexibility index (Phi) is 6.71. The Morgan fingerprint density at radius 2 is 1.88 bits per heavy atom. The van der Waals surface area contributed by atoms with E-state index in [9.17, 15) is 4.79 Å². The van der Waals surface area contributed by atoms with E-state index in [2.05, 4.69) is 5.32 Å². The second kappa shape index (κ2) is 8.77. The topological polar surface area (TPSA) is 47.6 Å². The van der Waals surface area contributed by atoms with E-state index < -0.39 is 6.10 Å². The van der Waals surface area contributed by atoms with Crippen LogP contribution in [0.5, 0.6) is 11.5 Å². The second-order valence-corrected chi connectivity index (χ2v) is 6.35. The first-order chi connectivity index (χ1) is 11.9. The number of ether oxygens (including phenoxy) is 2. The summed E-state index contributed by atoms with van der Waals surface area (Å²) in [5.41, 5.74) is 2.09. The Morgan fingerprint density at radius 3 is 2.44 bits per heavy atom. The zero-order chi connectivity index (χ0) is 18.4. The van der Waals surface area contributed by atoms with Crippen molar-refractivity contribution in [2.45, 2.75) is 39.3 Å². The lowest BCUT2D eigenvalue weighted by Crippen LogP contribution is -2.38. The molecule has 0 spiro atoms. The number of nitrogens with one attached hydrogen (secondary N) is 1. The zero-order valence-corrected chi connectivity index (χ0v) is 15.8. The van der Waals surface area contributed by atoms with Gasteiger partial charge >= 0.3 is 0 Å². The molecule has 0 radical (unpaired) electrons. The van der Waals surface area contributed by atoms with Crippen LogP contribution in [0.2, 0.25) is 5.02 Å². The van der Waals surface area contributed by atoms with Gasteiger partial charge in [-0.3, -0.25) is 4.79 Å². The monoisotopic (exact) mass is 361 g/mol. The van der Waals surface area contributed by atoms with Gasteiger partial charge in [0.05, 0.1) is 13.2 Å². The van der Waals surface area contributed by atoms with Gasteiger partial charge in [-0.25, -0.2) is 0 Å². The van der Waals surface area contributed by atoms with Crippen LogP contribution < -0.4 is 14.8 Å². The van der Waals surface area contributed by atoms with E-state index in [4.69, 9.17) is 21.1 Å². The van der Waals surface area contributed by atoms with Gasteiger partial charge in [-0.1, -0.05) is 30.7 Å². The van der Waals surface area contributed by atoms with Crippen LogP contribution in [0.4, 0.5) is 0 Å². The number of carbonyl (C=O) groups excluding carboxylic acids is 1. The first-order valence-corrected chi connectivity index (χ1v) is 8.69. The number of carbonyl (C=O) groups is 1. The van der Waals surface area contributed by atoms with E-state index in [1.165, 1.54) is 0 Å². The van der Waals surface area contributed by atoms with Crippen molar-refractivity contribution in [2.75, 3.05) is 7.11 Å². The SMILES string of the molecule is CC[C@@H](NC(=O)[C@@H](C)Oc1ccc(Cl)cc1)c1ccc(OC)c(C)c1. The molecule has 0 aliphatic heterocycles. The fraction of sp³-hybridized carbons (Fsp3) is 0.350. The van der Waals surface area contributed by atoms with Gasteiger partial charge in [-0.15, -0.1) is 0 Å². The van der Waals surface area contributed by atoms with Crippen LogP contribution in [0.15, 0.2) is 42.5 Å². The summed E-state index contributed by atoms with van der Waals surface area (Å²) in [6.45, 7) is 5.76. The number of hydrogen-bond donors (Lipinski definition) is 1. The molecule has 0 aliphatic rings. The summed E-state index contributed by atoms with van der Waals surface area (Å²) in [6.07, 6.45) is 0.181. The molecule has 1 N–H and O–H groups in total. The minimum atomic E-state index is -0.602. The third-order valence-electron chi connectivity index (χ3n) is 4.04. The Balaban J connectivity index is 2.03. The quantitative estimate of drug-likeness (QED) is 0.778. The molecule has 0 unspecified atom stereocenters. The van der Waals surface area contributed by atoms with E-state index in [0.717, 1.165) is 23.3 Å². The molecular weight excluding hydrogens is 338 g/mol. The van der Waals surface area contributed by atoms with Gasteiger partial charge in [0.25, 0.3) is 5.91 Å². The van der Waals surface area contributed by atoms with Crippen LogP contribution in [0.1, 0.15) is 37.4 Å². The van der Waals surface area contributed by atoms with Crippen LogP contribution in [0, 0.1) is 6.92 Å². The highest BCUT2D eigenvalue weighted by molar-refractivity contribution is 6.30. The number of aryl methyl sites for hydroxylation is 1. The summed E-state index contributed by atoms with van der Waals surface area (Å²) in [5.74, 6) is 1.29. The lowest BCUT2D eigenvalue weighted by Gasteiger charge is -2.22. The largest absolute Gasteiger partial charge is 0.496 e. The zero-order valence-electron chi connectivity index (χ0n) is 15.0. The van der Waals surface area contributed by atoms with Crippen molar-refractivity contribution in [2.24, 2.45) is 0 Å². The molecule has 0 saturated heterocycles. The van der Waals surface area contributed by atoms with E-state index in [1.54, 1.807) is 38.3 Å². The molecule has 5 heteroatoms. The Bertz CT molecular complexity index is 715. The molecular formula is C20H24ClNO3. The molecule has 0 fully saturated rings. The van der Waals surface area contributed by atoms with Crippen molar-refractivity contribution in [3.63, 3.8) is 0 Å². The maximum absolute atomic E-state index is 12.5. The molecule has 0 aliphatic carbocycles. The molecule has 2 aromatic carbocycles. The van der Waals surface area contributed by atoms with Gasteiger partial charge < -0.3 is 14.8 Å². The predicted octanol–water partition coefficient (Wildman–Crippen LogP) is 4.69. The highest BCUT2D eigenvalue weighted by Crippen LogP contribution is 2.24. The van der Waals surface area contributed by atoms with E-state index in [-0.39, 0.29) is 11.9 Å².